The normalized spacial score (nSPS) is 17.0. The molecule has 0 aliphatic heterocycles. The minimum atomic E-state index is -3.67. The molecule has 0 aromatic heterocycles. The first-order valence-electron chi connectivity index (χ1n) is 15.3. The van der Waals surface area contributed by atoms with Crippen LogP contribution in [0.25, 0.3) is 0 Å². The molecule has 0 aliphatic carbocycles. The van der Waals surface area contributed by atoms with Gasteiger partial charge in [0, 0.05) is 0 Å². The molecule has 0 radical (unpaired) electrons. The summed E-state index contributed by atoms with van der Waals surface area (Å²) in [5.41, 5.74) is 0. The van der Waals surface area contributed by atoms with Gasteiger partial charge in [-0.25, -0.2) is 0 Å². The molecule has 2 atom stereocenters. The summed E-state index contributed by atoms with van der Waals surface area (Å²) in [6.07, 6.45) is 18.8. The summed E-state index contributed by atoms with van der Waals surface area (Å²) < 4.78 is 34.0. The maximum absolute atomic E-state index is 14.5. The Bertz CT molecular complexity index is 506. The van der Waals surface area contributed by atoms with Crippen molar-refractivity contribution < 1.29 is 17.9 Å². The Balaban J connectivity index is 6.00. The van der Waals surface area contributed by atoms with E-state index in [1.165, 1.54) is 25.7 Å². The number of hydrogen-bond acceptors (Lipinski definition) is 4. The van der Waals surface area contributed by atoms with E-state index in [0.29, 0.717) is 25.0 Å². The Morgan fingerprint density at radius 3 is 1.23 bits per heavy atom. The van der Waals surface area contributed by atoms with E-state index in [1.54, 1.807) is 0 Å². The summed E-state index contributed by atoms with van der Waals surface area (Å²) in [4.78, 5) is 0. The second kappa shape index (κ2) is 19.6. The number of hydrogen-bond donors (Lipinski definition) is 0. The molecule has 0 amide bonds. The summed E-state index contributed by atoms with van der Waals surface area (Å²) in [5.74, 6) is 0.810. The van der Waals surface area contributed by atoms with Gasteiger partial charge >= 0.3 is 221 Å². The third kappa shape index (κ3) is 14.9. The van der Waals surface area contributed by atoms with Crippen LogP contribution in [0.1, 0.15) is 138 Å². The SMILES string of the molecule is CCCCC(CC)COP(=O)(OCC(CC)CCCC)OP(C)(CCCC)(CCCC)CCCC. The molecule has 214 valence electrons. The minimum absolute atomic E-state index is 0.405. The van der Waals surface area contributed by atoms with Gasteiger partial charge < -0.3 is 0 Å². The van der Waals surface area contributed by atoms with Crippen LogP contribution in [0.15, 0.2) is 0 Å². The van der Waals surface area contributed by atoms with Crippen molar-refractivity contribution in [3.63, 3.8) is 0 Å². The summed E-state index contributed by atoms with van der Waals surface area (Å²) in [7, 11) is -3.67. The average molecular weight is 539 g/mol. The van der Waals surface area contributed by atoms with Gasteiger partial charge in [-0.2, -0.15) is 0 Å². The van der Waals surface area contributed by atoms with Gasteiger partial charge in [-0.05, 0) is 0 Å². The van der Waals surface area contributed by atoms with Crippen LogP contribution in [0.5, 0.6) is 0 Å². The van der Waals surface area contributed by atoms with E-state index in [2.05, 4.69) is 55.1 Å². The van der Waals surface area contributed by atoms with Crippen LogP contribution in [0.4, 0.5) is 0 Å². The van der Waals surface area contributed by atoms with Crippen molar-refractivity contribution in [2.75, 3.05) is 38.4 Å². The van der Waals surface area contributed by atoms with Crippen molar-refractivity contribution in [3.05, 3.63) is 0 Å². The number of phosphoric acid groups is 1. The molecule has 0 N–H and O–H groups in total. The first-order chi connectivity index (χ1) is 16.7. The van der Waals surface area contributed by atoms with E-state index in [0.717, 1.165) is 82.7 Å². The predicted molar refractivity (Wildman–Crippen MR) is 159 cm³/mol. The second-order valence-electron chi connectivity index (χ2n) is 11.4. The van der Waals surface area contributed by atoms with E-state index in [9.17, 15) is 4.57 Å². The molecule has 6 heteroatoms. The number of unbranched alkanes of at least 4 members (excludes halogenated alkanes) is 5. The van der Waals surface area contributed by atoms with E-state index >= 15 is 0 Å². The molecule has 0 spiro atoms. The van der Waals surface area contributed by atoms with Gasteiger partial charge in [0.15, 0.2) is 0 Å². The molecule has 0 rings (SSSR count). The first-order valence-corrected chi connectivity index (χ1v) is 19.9. The fourth-order valence-electron chi connectivity index (χ4n) is 4.86. The Kier molecular flexibility index (Phi) is 19.9. The zero-order chi connectivity index (χ0) is 26.7. The molecule has 35 heavy (non-hydrogen) atoms. The van der Waals surface area contributed by atoms with E-state index in [1.807, 2.05) is 0 Å². The zero-order valence-electron chi connectivity index (χ0n) is 25.1. The van der Waals surface area contributed by atoms with Crippen molar-refractivity contribution in [3.8, 4) is 0 Å². The zero-order valence-corrected chi connectivity index (χ0v) is 26.9. The van der Waals surface area contributed by atoms with Gasteiger partial charge in [0.05, 0.1) is 0 Å². The molecule has 0 fully saturated rings. The summed E-state index contributed by atoms with van der Waals surface area (Å²) in [5, 5.41) is 0. The van der Waals surface area contributed by atoms with Gasteiger partial charge in [-0.3, -0.25) is 0 Å². The van der Waals surface area contributed by atoms with Gasteiger partial charge in [0.2, 0.25) is 0 Å². The van der Waals surface area contributed by atoms with Crippen LogP contribution in [0.3, 0.4) is 0 Å². The van der Waals surface area contributed by atoms with Crippen LogP contribution >= 0.6 is 14.7 Å². The van der Waals surface area contributed by atoms with Crippen molar-refractivity contribution in [2.24, 2.45) is 11.8 Å². The average Bonchev–Trinajstić information content (AvgIpc) is 2.86. The quantitative estimate of drug-likeness (QED) is 0.108. The third-order valence-corrected chi connectivity index (χ3v) is 16.3. The molecule has 0 saturated heterocycles. The molecule has 2 unspecified atom stereocenters. The van der Waals surface area contributed by atoms with Gasteiger partial charge in [-0.1, -0.05) is 0 Å². The predicted octanol–water partition coefficient (Wildman–Crippen LogP) is 11.1. The van der Waals surface area contributed by atoms with Crippen molar-refractivity contribution in [1.82, 2.24) is 0 Å². The van der Waals surface area contributed by atoms with Crippen LogP contribution in [-0.2, 0) is 17.9 Å². The fraction of sp³-hybridized carbons (Fsp3) is 1.00. The number of phosphoric ester groups is 1. The Labute approximate surface area is 221 Å². The molecule has 0 heterocycles. The Hall–Kier alpha value is 0.540. The van der Waals surface area contributed by atoms with Gasteiger partial charge in [0.25, 0.3) is 0 Å². The van der Waals surface area contributed by atoms with Crippen LogP contribution in [0.2, 0.25) is 0 Å². The van der Waals surface area contributed by atoms with E-state index in [-0.39, 0.29) is 0 Å². The van der Waals surface area contributed by atoms with Crippen LogP contribution in [-0.4, -0.2) is 38.4 Å². The van der Waals surface area contributed by atoms with Crippen LogP contribution < -0.4 is 0 Å². The monoisotopic (exact) mass is 538 g/mol. The maximum atomic E-state index is 14.5. The fourth-order valence-corrected chi connectivity index (χ4v) is 13.9. The molecule has 0 aromatic rings. The summed E-state index contributed by atoms with van der Waals surface area (Å²) in [6, 6.07) is 0. The van der Waals surface area contributed by atoms with Crippen LogP contribution in [0, 0.1) is 11.8 Å². The molecule has 0 bridgehead atoms. The van der Waals surface area contributed by atoms with Crippen molar-refractivity contribution in [1.29, 1.82) is 0 Å². The van der Waals surface area contributed by atoms with Gasteiger partial charge in [0.1, 0.15) is 0 Å². The Morgan fingerprint density at radius 2 is 0.943 bits per heavy atom. The first kappa shape index (κ1) is 35.5. The molecular formula is C29H64O4P2. The molecule has 0 aromatic carbocycles. The van der Waals surface area contributed by atoms with Gasteiger partial charge in [-0.15, -0.1) is 0 Å². The topological polar surface area (TPSA) is 44.8 Å². The molecular weight excluding hydrogens is 474 g/mol. The summed E-state index contributed by atoms with van der Waals surface area (Å²) >= 11 is 0. The molecule has 0 saturated carbocycles. The second-order valence-corrected chi connectivity index (χ2v) is 19.2. The van der Waals surface area contributed by atoms with Crippen molar-refractivity contribution in [2.45, 2.75) is 138 Å². The Morgan fingerprint density at radius 1 is 0.600 bits per heavy atom. The molecule has 4 nitrogen and oxygen atoms in total. The van der Waals surface area contributed by atoms with E-state index in [4.69, 9.17) is 13.4 Å². The van der Waals surface area contributed by atoms with E-state index < -0.39 is 14.7 Å². The number of rotatable bonds is 25. The third-order valence-electron chi connectivity index (χ3n) is 7.81. The molecule has 0 aliphatic rings. The standard InChI is InChI=1S/C29H64O4P2/c1-9-16-21-28(14-6)26-31-34(30,32-27-29(15-7)22-17-10-2)33-35(8,23-18-11-3,24-19-12-4)25-20-13-5/h28-29H,9-27H2,1-8H3. The summed E-state index contributed by atoms with van der Waals surface area (Å²) in [6.45, 7) is 16.2. The van der Waals surface area contributed by atoms with Crippen molar-refractivity contribution >= 4 is 14.7 Å².